The molecule has 0 spiro atoms. The summed E-state index contributed by atoms with van der Waals surface area (Å²) >= 11 is 0. The Morgan fingerprint density at radius 3 is 2.00 bits per heavy atom. The van der Waals surface area contributed by atoms with Gasteiger partial charge in [0.25, 0.3) is 0 Å². The van der Waals surface area contributed by atoms with E-state index in [0.29, 0.717) is 0 Å². The minimum atomic E-state index is -0.170. The Hall–Kier alpha value is -1.31. The molecule has 2 heteroatoms. The van der Waals surface area contributed by atoms with Gasteiger partial charge in [-0.2, -0.15) is 0 Å². The van der Waals surface area contributed by atoms with E-state index in [9.17, 15) is 4.79 Å². The highest BCUT2D eigenvalue weighted by molar-refractivity contribution is 5.76. The molecule has 0 saturated carbocycles. The van der Waals surface area contributed by atoms with Crippen LogP contribution in [0.25, 0.3) is 0 Å². The lowest BCUT2D eigenvalue weighted by Gasteiger charge is -2.32. The van der Waals surface area contributed by atoms with Gasteiger partial charge in [0.1, 0.15) is 0 Å². The Labute approximate surface area is 85.5 Å². The molecule has 0 N–H and O–H groups in total. The first-order valence-electron chi connectivity index (χ1n) is 4.76. The Kier molecular flexibility index (Phi) is 2.94. The van der Waals surface area contributed by atoms with Crippen molar-refractivity contribution in [2.45, 2.75) is 33.2 Å². The lowest BCUT2D eigenvalue weighted by atomic mass is 10.1. The van der Waals surface area contributed by atoms with Crippen molar-refractivity contribution < 1.29 is 4.79 Å². The van der Waals surface area contributed by atoms with Gasteiger partial charge in [-0.05, 0) is 39.8 Å². The van der Waals surface area contributed by atoms with Crippen LogP contribution in [0.5, 0.6) is 0 Å². The van der Waals surface area contributed by atoms with Crippen molar-refractivity contribution in [3.63, 3.8) is 0 Å². The van der Waals surface area contributed by atoms with E-state index in [1.807, 2.05) is 52.0 Å². The molecule has 0 fully saturated rings. The van der Waals surface area contributed by atoms with Gasteiger partial charge in [-0.25, -0.2) is 0 Å². The van der Waals surface area contributed by atoms with Crippen LogP contribution in [0.3, 0.4) is 0 Å². The zero-order chi connectivity index (χ0) is 10.8. The van der Waals surface area contributed by atoms with Crippen molar-refractivity contribution in [2.75, 3.05) is 4.90 Å². The van der Waals surface area contributed by atoms with Gasteiger partial charge in [0.05, 0.1) is 0 Å². The fourth-order valence-electron chi connectivity index (χ4n) is 1.31. The summed E-state index contributed by atoms with van der Waals surface area (Å²) in [5.41, 5.74) is 1.98. The highest BCUT2D eigenvalue weighted by Crippen LogP contribution is 2.21. The quantitative estimate of drug-likeness (QED) is 0.658. The summed E-state index contributed by atoms with van der Waals surface area (Å²) < 4.78 is 0. The Bertz CT molecular complexity index is 308. The molecule has 0 unspecified atom stereocenters. The first kappa shape index (κ1) is 10.8. The number of carbonyl (C=O) groups is 1. The third-order valence-corrected chi connectivity index (χ3v) is 2.14. The minimum absolute atomic E-state index is 0.170. The number of aryl methyl sites for hydroxylation is 1. The largest absolute Gasteiger partial charge is 0.310 e. The van der Waals surface area contributed by atoms with Crippen molar-refractivity contribution >= 4 is 12.1 Å². The Morgan fingerprint density at radius 2 is 1.64 bits per heavy atom. The average molecular weight is 191 g/mol. The van der Waals surface area contributed by atoms with Gasteiger partial charge in [0.2, 0.25) is 6.41 Å². The van der Waals surface area contributed by atoms with Crippen LogP contribution >= 0.6 is 0 Å². The zero-order valence-corrected chi connectivity index (χ0v) is 9.24. The summed E-state index contributed by atoms with van der Waals surface area (Å²) in [7, 11) is 0. The molecule has 0 aromatic heterocycles. The summed E-state index contributed by atoms with van der Waals surface area (Å²) in [5, 5.41) is 0. The van der Waals surface area contributed by atoms with Crippen molar-refractivity contribution in [1.82, 2.24) is 0 Å². The topological polar surface area (TPSA) is 20.3 Å². The third-order valence-electron chi connectivity index (χ3n) is 2.14. The fourth-order valence-corrected chi connectivity index (χ4v) is 1.31. The molecular weight excluding hydrogens is 174 g/mol. The normalized spacial score (nSPS) is 11.1. The molecule has 0 bridgehead atoms. The molecule has 0 radical (unpaired) electrons. The molecule has 0 saturated heterocycles. The first-order chi connectivity index (χ1) is 6.45. The molecule has 0 aliphatic heterocycles. The van der Waals surface area contributed by atoms with E-state index in [0.717, 1.165) is 12.1 Å². The number of anilines is 1. The lowest BCUT2D eigenvalue weighted by Crippen LogP contribution is -2.40. The zero-order valence-electron chi connectivity index (χ0n) is 9.24. The van der Waals surface area contributed by atoms with E-state index in [-0.39, 0.29) is 5.54 Å². The van der Waals surface area contributed by atoms with Gasteiger partial charge in [-0.15, -0.1) is 0 Å². The first-order valence-corrected chi connectivity index (χ1v) is 4.76. The van der Waals surface area contributed by atoms with Crippen LogP contribution in [-0.4, -0.2) is 11.9 Å². The van der Waals surface area contributed by atoms with Crippen LogP contribution in [0.1, 0.15) is 26.3 Å². The van der Waals surface area contributed by atoms with Gasteiger partial charge in [0, 0.05) is 11.2 Å². The van der Waals surface area contributed by atoms with E-state index in [1.165, 1.54) is 5.56 Å². The number of hydrogen-bond donors (Lipinski definition) is 0. The Morgan fingerprint density at radius 1 is 1.14 bits per heavy atom. The van der Waals surface area contributed by atoms with Crippen LogP contribution in [0, 0.1) is 6.92 Å². The van der Waals surface area contributed by atoms with E-state index < -0.39 is 0 Å². The van der Waals surface area contributed by atoms with Crippen molar-refractivity contribution in [3.8, 4) is 0 Å². The molecule has 14 heavy (non-hydrogen) atoms. The second kappa shape index (κ2) is 3.82. The predicted octanol–water partition coefficient (Wildman–Crippen LogP) is 2.76. The molecule has 0 atom stereocenters. The van der Waals surface area contributed by atoms with Crippen molar-refractivity contribution in [2.24, 2.45) is 0 Å². The Balaban J connectivity index is 3.02. The SMILES string of the molecule is Cc1ccc(N(C=O)C(C)(C)C)cc1. The summed E-state index contributed by atoms with van der Waals surface area (Å²) in [6.45, 7) is 8.08. The highest BCUT2D eigenvalue weighted by Gasteiger charge is 2.20. The van der Waals surface area contributed by atoms with Crippen LogP contribution < -0.4 is 4.90 Å². The second-order valence-corrected chi connectivity index (χ2v) is 4.48. The van der Waals surface area contributed by atoms with Crippen LogP contribution in [0.2, 0.25) is 0 Å². The number of hydrogen-bond acceptors (Lipinski definition) is 1. The maximum atomic E-state index is 11.0. The second-order valence-electron chi connectivity index (χ2n) is 4.48. The predicted molar refractivity (Wildman–Crippen MR) is 59.5 cm³/mol. The molecule has 1 aromatic rings. The van der Waals surface area contributed by atoms with Gasteiger partial charge >= 0.3 is 0 Å². The summed E-state index contributed by atoms with van der Waals surface area (Å²) in [5.74, 6) is 0. The van der Waals surface area contributed by atoms with Crippen LogP contribution in [0.4, 0.5) is 5.69 Å². The molecular formula is C12H17NO. The number of benzene rings is 1. The fraction of sp³-hybridized carbons (Fsp3) is 0.417. The summed E-state index contributed by atoms with van der Waals surface area (Å²) in [4.78, 5) is 12.7. The van der Waals surface area contributed by atoms with E-state index in [1.54, 1.807) is 4.90 Å². The number of amides is 1. The molecule has 1 rings (SSSR count). The molecule has 2 nitrogen and oxygen atoms in total. The number of rotatable bonds is 2. The molecule has 1 aromatic carbocycles. The van der Waals surface area contributed by atoms with E-state index >= 15 is 0 Å². The molecule has 0 heterocycles. The third kappa shape index (κ3) is 2.34. The molecule has 76 valence electrons. The van der Waals surface area contributed by atoms with Gasteiger partial charge in [0.15, 0.2) is 0 Å². The maximum absolute atomic E-state index is 11.0. The average Bonchev–Trinajstić information content (AvgIpc) is 2.07. The van der Waals surface area contributed by atoms with E-state index in [4.69, 9.17) is 0 Å². The van der Waals surface area contributed by atoms with E-state index in [2.05, 4.69) is 0 Å². The van der Waals surface area contributed by atoms with Crippen molar-refractivity contribution in [3.05, 3.63) is 29.8 Å². The minimum Gasteiger partial charge on any atom is -0.310 e. The smallest absolute Gasteiger partial charge is 0.214 e. The van der Waals surface area contributed by atoms with Crippen LogP contribution in [0.15, 0.2) is 24.3 Å². The van der Waals surface area contributed by atoms with Gasteiger partial charge < -0.3 is 4.90 Å². The number of nitrogens with zero attached hydrogens (tertiary/aromatic N) is 1. The number of carbonyl (C=O) groups excluding carboxylic acids is 1. The highest BCUT2D eigenvalue weighted by atomic mass is 16.1. The standard InChI is InChI=1S/C12H17NO/c1-10-5-7-11(8-6-10)13(9-14)12(2,3)4/h5-9H,1-4H3. The van der Waals surface area contributed by atoms with Crippen molar-refractivity contribution in [1.29, 1.82) is 0 Å². The monoisotopic (exact) mass is 191 g/mol. The van der Waals surface area contributed by atoms with Gasteiger partial charge in [-0.3, -0.25) is 4.79 Å². The lowest BCUT2D eigenvalue weighted by molar-refractivity contribution is -0.108. The molecule has 0 aliphatic carbocycles. The summed E-state index contributed by atoms with van der Waals surface area (Å²) in [6, 6.07) is 7.96. The van der Waals surface area contributed by atoms with Gasteiger partial charge in [-0.1, -0.05) is 17.7 Å². The van der Waals surface area contributed by atoms with Crippen LogP contribution in [-0.2, 0) is 4.79 Å². The summed E-state index contributed by atoms with van der Waals surface area (Å²) in [6.07, 6.45) is 0.880. The molecule has 0 aliphatic rings. The molecule has 1 amide bonds. The maximum Gasteiger partial charge on any atom is 0.214 e.